The molecule has 2 heterocycles. The SMILES string of the molecule is CCNC(=O)CNC(=O)C(C)(COC)c1ccc2nc(C[C@@H]3c4cc(F)ccc4OCC3C)[nH]c2c1. The second kappa shape index (κ2) is 10.7. The molecular weight excluding hydrogens is 463 g/mol. The van der Waals surface area contributed by atoms with Crippen LogP contribution >= 0.6 is 0 Å². The molecular formula is C27H33FN4O4. The largest absolute Gasteiger partial charge is 0.493 e. The summed E-state index contributed by atoms with van der Waals surface area (Å²) in [5.41, 5.74) is 2.15. The van der Waals surface area contributed by atoms with Gasteiger partial charge in [0.15, 0.2) is 0 Å². The Hall–Kier alpha value is -3.46. The summed E-state index contributed by atoms with van der Waals surface area (Å²) in [6.45, 7) is 6.80. The molecule has 8 nitrogen and oxygen atoms in total. The van der Waals surface area contributed by atoms with Gasteiger partial charge in [0.05, 0.1) is 36.2 Å². The standard InChI is InChI=1S/C27H33FN4O4/c1-5-29-25(33)13-30-26(34)27(3,15-35-4)17-6-8-21-22(10-17)32-24(31-21)12-19-16(2)14-36-23-9-7-18(28)11-20(19)23/h6-11,16,19H,5,12-15H2,1-4H3,(H,29,33)(H,30,34)(H,31,32)/t16?,19-,27?/m0/s1. The third-order valence-corrected chi connectivity index (χ3v) is 6.86. The summed E-state index contributed by atoms with van der Waals surface area (Å²) in [5, 5.41) is 5.39. The molecule has 0 bridgehead atoms. The van der Waals surface area contributed by atoms with Crippen LogP contribution in [0.1, 0.15) is 43.6 Å². The van der Waals surface area contributed by atoms with Crippen LogP contribution in [0.25, 0.3) is 11.0 Å². The van der Waals surface area contributed by atoms with Crippen LogP contribution in [-0.4, -0.2) is 55.2 Å². The lowest BCUT2D eigenvalue weighted by atomic mass is 9.82. The number of nitrogens with one attached hydrogen (secondary N) is 3. The van der Waals surface area contributed by atoms with Crippen molar-refractivity contribution in [2.45, 2.75) is 38.5 Å². The van der Waals surface area contributed by atoms with Crippen molar-refractivity contribution in [2.24, 2.45) is 5.92 Å². The lowest BCUT2D eigenvalue weighted by Crippen LogP contribution is -2.48. The van der Waals surface area contributed by atoms with E-state index in [1.807, 2.05) is 25.1 Å². The van der Waals surface area contributed by atoms with Crippen molar-refractivity contribution in [2.75, 3.05) is 33.4 Å². The Morgan fingerprint density at radius 1 is 1.25 bits per heavy atom. The molecule has 1 aliphatic heterocycles. The molecule has 1 aromatic heterocycles. The Balaban J connectivity index is 1.59. The van der Waals surface area contributed by atoms with Gasteiger partial charge in [-0.2, -0.15) is 0 Å². The quantitative estimate of drug-likeness (QED) is 0.422. The summed E-state index contributed by atoms with van der Waals surface area (Å²) in [4.78, 5) is 33.1. The number of aromatic amines is 1. The number of carbonyl (C=O) groups excluding carboxylic acids is 2. The van der Waals surface area contributed by atoms with Gasteiger partial charge in [-0.05, 0) is 55.7 Å². The smallest absolute Gasteiger partial charge is 0.239 e. The fraction of sp³-hybridized carbons (Fsp3) is 0.444. The van der Waals surface area contributed by atoms with Gasteiger partial charge in [0, 0.05) is 31.6 Å². The van der Waals surface area contributed by atoms with E-state index >= 15 is 0 Å². The molecule has 2 unspecified atom stereocenters. The number of nitrogens with zero attached hydrogens (tertiary/aromatic N) is 1. The van der Waals surface area contributed by atoms with E-state index in [1.54, 1.807) is 19.1 Å². The summed E-state index contributed by atoms with van der Waals surface area (Å²) in [6, 6.07) is 10.3. The Kier molecular flexibility index (Phi) is 7.59. The number of methoxy groups -OCH3 is 1. The molecule has 9 heteroatoms. The summed E-state index contributed by atoms with van der Waals surface area (Å²) >= 11 is 0. The van der Waals surface area contributed by atoms with Crippen LogP contribution in [0.15, 0.2) is 36.4 Å². The van der Waals surface area contributed by atoms with Crippen molar-refractivity contribution in [3.63, 3.8) is 0 Å². The first-order valence-corrected chi connectivity index (χ1v) is 12.2. The molecule has 36 heavy (non-hydrogen) atoms. The predicted molar refractivity (Wildman–Crippen MR) is 135 cm³/mol. The molecule has 3 atom stereocenters. The van der Waals surface area contributed by atoms with Crippen molar-refractivity contribution in [3.8, 4) is 5.75 Å². The molecule has 4 rings (SSSR count). The van der Waals surface area contributed by atoms with Gasteiger partial charge in [-0.15, -0.1) is 0 Å². The second-order valence-electron chi connectivity index (χ2n) is 9.60. The predicted octanol–water partition coefficient (Wildman–Crippen LogP) is 3.21. The zero-order valence-electron chi connectivity index (χ0n) is 21.1. The van der Waals surface area contributed by atoms with Crippen molar-refractivity contribution in [3.05, 3.63) is 59.2 Å². The average Bonchev–Trinajstić information content (AvgIpc) is 3.26. The van der Waals surface area contributed by atoms with Gasteiger partial charge in [-0.25, -0.2) is 9.37 Å². The number of H-pyrrole nitrogens is 1. The van der Waals surface area contributed by atoms with E-state index < -0.39 is 5.41 Å². The summed E-state index contributed by atoms with van der Waals surface area (Å²) < 4.78 is 25.2. The molecule has 0 saturated heterocycles. The minimum Gasteiger partial charge on any atom is -0.493 e. The number of halogens is 1. The van der Waals surface area contributed by atoms with Crippen molar-refractivity contribution >= 4 is 22.8 Å². The van der Waals surface area contributed by atoms with Crippen LogP contribution in [0.4, 0.5) is 4.39 Å². The number of likely N-dealkylation sites (N-methyl/N-ethyl adjacent to an activating group) is 1. The molecule has 0 spiro atoms. The topological polar surface area (TPSA) is 105 Å². The number of rotatable bonds is 9. The van der Waals surface area contributed by atoms with E-state index in [1.165, 1.54) is 13.2 Å². The van der Waals surface area contributed by atoms with Gasteiger partial charge in [0.1, 0.15) is 17.4 Å². The number of imidazole rings is 1. The number of fused-ring (bicyclic) bond motifs is 2. The monoisotopic (exact) mass is 496 g/mol. The zero-order chi connectivity index (χ0) is 25.9. The maximum absolute atomic E-state index is 14.0. The lowest BCUT2D eigenvalue weighted by molar-refractivity contribution is -0.130. The average molecular weight is 497 g/mol. The number of carbonyl (C=O) groups is 2. The van der Waals surface area contributed by atoms with Crippen molar-refractivity contribution < 1.29 is 23.5 Å². The first kappa shape index (κ1) is 25.6. The van der Waals surface area contributed by atoms with Crippen molar-refractivity contribution in [1.29, 1.82) is 0 Å². The highest BCUT2D eigenvalue weighted by molar-refractivity contribution is 5.92. The highest BCUT2D eigenvalue weighted by Crippen LogP contribution is 2.39. The normalized spacial score (nSPS) is 18.7. The van der Waals surface area contributed by atoms with Crippen LogP contribution in [0.2, 0.25) is 0 Å². The number of ether oxygens (including phenoxy) is 2. The number of hydrogen-bond donors (Lipinski definition) is 3. The highest BCUT2D eigenvalue weighted by Gasteiger charge is 2.36. The van der Waals surface area contributed by atoms with E-state index in [9.17, 15) is 14.0 Å². The Morgan fingerprint density at radius 2 is 2.06 bits per heavy atom. The Labute approximate surface area is 210 Å². The van der Waals surface area contributed by atoms with Gasteiger partial charge >= 0.3 is 0 Å². The van der Waals surface area contributed by atoms with Crippen LogP contribution in [-0.2, 0) is 26.2 Å². The van der Waals surface area contributed by atoms with E-state index in [-0.39, 0.29) is 42.6 Å². The van der Waals surface area contributed by atoms with Gasteiger partial charge in [-0.3, -0.25) is 9.59 Å². The maximum atomic E-state index is 14.0. The van der Waals surface area contributed by atoms with Gasteiger partial charge in [-0.1, -0.05) is 13.0 Å². The maximum Gasteiger partial charge on any atom is 0.239 e. The molecule has 3 aromatic rings. The summed E-state index contributed by atoms with van der Waals surface area (Å²) in [5.74, 6) is 0.920. The highest BCUT2D eigenvalue weighted by atomic mass is 19.1. The lowest BCUT2D eigenvalue weighted by Gasteiger charge is -2.31. The fourth-order valence-corrected chi connectivity index (χ4v) is 4.79. The molecule has 0 saturated carbocycles. The van der Waals surface area contributed by atoms with Crippen LogP contribution in [0.3, 0.4) is 0 Å². The molecule has 0 fully saturated rings. The molecule has 192 valence electrons. The van der Waals surface area contributed by atoms with Crippen LogP contribution in [0, 0.1) is 11.7 Å². The first-order valence-electron chi connectivity index (χ1n) is 12.2. The molecule has 0 aliphatic carbocycles. The first-order chi connectivity index (χ1) is 17.2. The van der Waals surface area contributed by atoms with E-state index in [4.69, 9.17) is 14.5 Å². The molecule has 1 aliphatic rings. The summed E-state index contributed by atoms with van der Waals surface area (Å²) in [6.07, 6.45) is 0.605. The van der Waals surface area contributed by atoms with Gasteiger partial charge in [0.25, 0.3) is 0 Å². The third kappa shape index (κ3) is 5.21. The minimum atomic E-state index is -1.01. The molecule has 2 amide bonds. The molecule has 3 N–H and O–H groups in total. The second-order valence-corrected chi connectivity index (χ2v) is 9.60. The van der Waals surface area contributed by atoms with E-state index in [0.717, 1.165) is 28.0 Å². The zero-order valence-corrected chi connectivity index (χ0v) is 21.1. The fourth-order valence-electron chi connectivity index (χ4n) is 4.79. The number of hydrogen-bond acceptors (Lipinski definition) is 5. The van der Waals surface area contributed by atoms with E-state index in [2.05, 4.69) is 22.5 Å². The minimum absolute atomic E-state index is 0.0586. The van der Waals surface area contributed by atoms with Gasteiger partial charge in [0.2, 0.25) is 11.8 Å². The molecule has 2 aromatic carbocycles. The molecule has 0 radical (unpaired) electrons. The number of benzene rings is 2. The van der Waals surface area contributed by atoms with E-state index in [0.29, 0.717) is 25.3 Å². The van der Waals surface area contributed by atoms with Crippen LogP contribution in [0.5, 0.6) is 5.75 Å². The number of amides is 2. The summed E-state index contributed by atoms with van der Waals surface area (Å²) in [7, 11) is 1.54. The Morgan fingerprint density at radius 3 is 2.81 bits per heavy atom. The van der Waals surface area contributed by atoms with Crippen molar-refractivity contribution in [1.82, 2.24) is 20.6 Å². The third-order valence-electron chi connectivity index (χ3n) is 6.86. The Bertz CT molecular complexity index is 1260. The number of aromatic nitrogens is 2. The van der Waals surface area contributed by atoms with Crippen LogP contribution < -0.4 is 15.4 Å². The van der Waals surface area contributed by atoms with Gasteiger partial charge < -0.3 is 25.1 Å².